The molecule has 0 N–H and O–H groups in total. The van der Waals surface area contributed by atoms with Crippen molar-refractivity contribution in [3.8, 4) is 0 Å². The molecule has 0 bridgehead atoms. The lowest BCUT2D eigenvalue weighted by Gasteiger charge is -2.07. The van der Waals surface area contributed by atoms with Gasteiger partial charge in [-0.3, -0.25) is 0 Å². The lowest BCUT2D eigenvalue weighted by atomic mass is 10.3. The van der Waals surface area contributed by atoms with Gasteiger partial charge < -0.3 is 0 Å². The van der Waals surface area contributed by atoms with Crippen LogP contribution in [0.25, 0.3) is 0 Å². The van der Waals surface area contributed by atoms with Gasteiger partial charge in [-0.25, -0.2) is 0 Å². The standard InChI is InChI=1S/C30H23S3/c1-4-10-24(11-5-1)31-25-16-18-26(19-17-25)32-27-20-22-30(23-21-27)33(28-12-6-2-7-13-28)29-14-8-3-9-15-29/h1-23H/q+1/p+1. The molecule has 0 unspecified atom stereocenters. The molecule has 0 aliphatic rings. The molecule has 5 aromatic carbocycles. The van der Waals surface area contributed by atoms with E-state index in [9.17, 15) is 0 Å². The lowest BCUT2D eigenvalue weighted by molar-refractivity contribution is 1.28. The van der Waals surface area contributed by atoms with E-state index in [1.807, 2.05) is 0 Å². The molecule has 0 saturated heterocycles. The van der Waals surface area contributed by atoms with Crippen molar-refractivity contribution in [1.82, 2.24) is 0 Å². The summed E-state index contributed by atoms with van der Waals surface area (Å²) >= 11 is 3.03. The van der Waals surface area contributed by atoms with Crippen LogP contribution in [0.1, 0.15) is 0 Å². The second kappa shape index (κ2) is 10.8. The molecule has 0 spiro atoms. The first-order chi connectivity index (χ1) is 16.3. The van der Waals surface area contributed by atoms with E-state index in [0.29, 0.717) is 0 Å². The molecular formula is C30H24S3+2. The molecule has 33 heavy (non-hydrogen) atoms. The van der Waals surface area contributed by atoms with E-state index in [1.54, 1.807) is 11.8 Å². The average Bonchev–Trinajstić information content (AvgIpc) is 2.88. The van der Waals surface area contributed by atoms with Crippen molar-refractivity contribution in [1.29, 1.82) is 0 Å². The van der Waals surface area contributed by atoms with E-state index in [1.165, 1.54) is 46.0 Å². The van der Waals surface area contributed by atoms with Gasteiger partial charge in [0, 0.05) is 21.6 Å². The number of hydrogen-bond acceptors (Lipinski definition) is 1. The fourth-order valence-corrected chi connectivity index (χ4v) is 7.36. The van der Waals surface area contributed by atoms with Crippen LogP contribution in [0.15, 0.2) is 174 Å². The Morgan fingerprint density at radius 3 is 1.30 bits per heavy atom. The predicted molar refractivity (Wildman–Crippen MR) is 144 cm³/mol. The van der Waals surface area contributed by atoms with Crippen LogP contribution in [-0.4, -0.2) is 0 Å². The van der Waals surface area contributed by atoms with Gasteiger partial charge in [-0.1, -0.05) is 66.4 Å². The van der Waals surface area contributed by atoms with Crippen LogP contribution >= 0.6 is 11.8 Å². The highest BCUT2D eigenvalue weighted by atomic mass is 32.2. The Bertz CT molecular complexity index is 1230. The van der Waals surface area contributed by atoms with Crippen molar-refractivity contribution in [3.05, 3.63) is 140 Å². The minimum atomic E-state index is -0.0979. The second-order valence-corrected chi connectivity index (χ2v) is 11.9. The summed E-state index contributed by atoms with van der Waals surface area (Å²) in [7, 11) is -0.0979. The Morgan fingerprint density at radius 2 is 0.788 bits per heavy atom. The van der Waals surface area contributed by atoms with Gasteiger partial charge in [0.05, 0.1) is 10.9 Å². The largest absolute Gasteiger partial charge is 0.166 e. The summed E-state index contributed by atoms with van der Waals surface area (Å²) in [5.41, 5.74) is 0. The van der Waals surface area contributed by atoms with Crippen LogP contribution < -0.4 is 0 Å². The number of rotatable bonds is 7. The molecule has 0 nitrogen and oxygen atoms in total. The van der Waals surface area contributed by atoms with Gasteiger partial charge in [0.15, 0.2) is 24.5 Å². The third kappa shape index (κ3) is 5.75. The Hall–Kier alpha value is -2.85. The molecule has 5 rings (SSSR count). The molecule has 0 fully saturated rings. The van der Waals surface area contributed by atoms with Crippen molar-refractivity contribution in [2.75, 3.05) is 0 Å². The summed E-state index contributed by atoms with van der Waals surface area (Å²) in [4.78, 5) is 9.20. The van der Waals surface area contributed by atoms with E-state index in [4.69, 9.17) is 0 Å². The third-order valence-corrected chi connectivity index (χ3v) is 9.46. The van der Waals surface area contributed by atoms with E-state index < -0.39 is 0 Å². The lowest BCUT2D eigenvalue weighted by Crippen LogP contribution is -2.04. The Balaban J connectivity index is 1.32. The molecule has 0 saturated carbocycles. The fourth-order valence-electron chi connectivity index (χ4n) is 3.54. The molecule has 0 aliphatic heterocycles. The molecule has 0 aliphatic carbocycles. The quantitative estimate of drug-likeness (QED) is 0.167. The van der Waals surface area contributed by atoms with Crippen LogP contribution in [0.5, 0.6) is 0 Å². The van der Waals surface area contributed by atoms with Crippen molar-refractivity contribution < 1.29 is 0 Å². The van der Waals surface area contributed by atoms with Gasteiger partial charge in [0.1, 0.15) is 0 Å². The summed E-state index contributed by atoms with van der Waals surface area (Å²) < 4.78 is 0. The number of thiol groups is 1. The van der Waals surface area contributed by atoms with Crippen LogP contribution in [0.3, 0.4) is 0 Å². The summed E-state index contributed by atoms with van der Waals surface area (Å²) in [6, 6.07) is 50.2. The summed E-state index contributed by atoms with van der Waals surface area (Å²) in [6.45, 7) is 0. The van der Waals surface area contributed by atoms with Gasteiger partial charge in [0.25, 0.3) is 0 Å². The molecule has 0 amide bonds. The predicted octanol–water partition coefficient (Wildman–Crippen LogP) is 8.17. The van der Waals surface area contributed by atoms with Gasteiger partial charge in [-0.05, 0) is 84.9 Å². The normalized spacial score (nSPS) is 10.9. The van der Waals surface area contributed by atoms with Crippen LogP contribution in [-0.2, 0) is 22.7 Å². The monoisotopic (exact) mass is 480 g/mol. The zero-order valence-corrected chi connectivity index (χ0v) is 20.6. The molecule has 0 radical (unpaired) electrons. The third-order valence-electron chi connectivity index (χ3n) is 5.10. The van der Waals surface area contributed by atoms with E-state index in [2.05, 4.69) is 140 Å². The maximum atomic E-state index is 2.30. The zero-order valence-electron chi connectivity index (χ0n) is 18.0. The SMILES string of the molecule is c1ccc(Sc2ccc([SH+]c3ccc([S+](c4ccccc4)c4ccccc4)cc3)cc2)cc1. The first kappa shape index (κ1) is 22.0. The first-order valence-electron chi connectivity index (χ1n) is 10.8. The highest BCUT2D eigenvalue weighted by Crippen LogP contribution is 2.32. The van der Waals surface area contributed by atoms with E-state index in [-0.39, 0.29) is 10.9 Å². The number of benzene rings is 5. The first-order valence-corrected chi connectivity index (χ1v) is 13.8. The van der Waals surface area contributed by atoms with Gasteiger partial charge >= 0.3 is 0 Å². The average molecular weight is 481 g/mol. The maximum Gasteiger partial charge on any atom is 0.166 e. The molecule has 160 valence electrons. The Kier molecular flexibility index (Phi) is 7.22. The minimum Gasteiger partial charge on any atom is -0.0901 e. The molecule has 5 aromatic rings. The van der Waals surface area contributed by atoms with Crippen LogP contribution in [0.2, 0.25) is 0 Å². The number of hydrogen-bond donors (Lipinski definition) is 0. The zero-order chi connectivity index (χ0) is 22.3. The van der Waals surface area contributed by atoms with E-state index in [0.717, 1.165) is 0 Å². The topological polar surface area (TPSA) is 0 Å². The van der Waals surface area contributed by atoms with E-state index >= 15 is 0 Å². The molecule has 3 heteroatoms. The molecule has 0 heterocycles. The van der Waals surface area contributed by atoms with Gasteiger partial charge in [-0.2, -0.15) is 0 Å². The molecular weight excluding hydrogens is 457 g/mol. The maximum absolute atomic E-state index is 2.30. The summed E-state index contributed by atoms with van der Waals surface area (Å²) in [5.74, 6) is 0. The smallest absolute Gasteiger partial charge is 0.0901 e. The van der Waals surface area contributed by atoms with Crippen molar-refractivity contribution in [2.24, 2.45) is 0 Å². The molecule has 0 aromatic heterocycles. The van der Waals surface area contributed by atoms with Crippen LogP contribution in [0, 0.1) is 0 Å². The van der Waals surface area contributed by atoms with Gasteiger partial charge in [0.2, 0.25) is 0 Å². The fraction of sp³-hybridized carbons (Fsp3) is 0. The Morgan fingerprint density at radius 1 is 0.394 bits per heavy atom. The summed E-state index contributed by atoms with van der Waals surface area (Å²) in [6.07, 6.45) is 0. The highest BCUT2D eigenvalue weighted by molar-refractivity contribution is 7.99. The summed E-state index contributed by atoms with van der Waals surface area (Å²) in [5, 5.41) is 0. The highest BCUT2D eigenvalue weighted by Gasteiger charge is 2.28. The second-order valence-electron chi connectivity index (χ2n) is 7.45. The Labute approximate surface area is 207 Å². The van der Waals surface area contributed by atoms with Gasteiger partial charge in [-0.15, -0.1) is 0 Å². The van der Waals surface area contributed by atoms with Crippen LogP contribution in [0.4, 0.5) is 0 Å². The van der Waals surface area contributed by atoms with Crippen molar-refractivity contribution in [2.45, 2.75) is 34.3 Å². The minimum absolute atomic E-state index is 0.0979. The van der Waals surface area contributed by atoms with Crippen molar-refractivity contribution in [3.63, 3.8) is 0 Å². The molecule has 0 atom stereocenters. The van der Waals surface area contributed by atoms with Crippen molar-refractivity contribution >= 4 is 34.4 Å².